The average Bonchev–Trinajstić information content (AvgIpc) is 2.78. The number of benzene rings is 1. The van der Waals surface area contributed by atoms with Gasteiger partial charge in [0.2, 0.25) is 0 Å². The Balaban J connectivity index is 0.00000480. The number of ether oxygens (including phenoxy) is 3. The molecule has 1 fully saturated rings. The molecule has 0 saturated carbocycles. The molecule has 0 spiro atoms. The summed E-state index contributed by atoms with van der Waals surface area (Å²) in [5.41, 5.74) is 1.25. The molecule has 1 aromatic carbocycles. The van der Waals surface area contributed by atoms with Gasteiger partial charge in [0.25, 0.3) is 0 Å². The van der Waals surface area contributed by atoms with Gasteiger partial charge in [-0.1, -0.05) is 6.07 Å². The number of rotatable bonds is 12. The molecule has 178 valence electrons. The summed E-state index contributed by atoms with van der Waals surface area (Å²) in [6.07, 6.45) is 4.46. The molecule has 0 unspecified atom stereocenters. The van der Waals surface area contributed by atoms with Crippen LogP contribution in [0.1, 0.15) is 31.7 Å². The summed E-state index contributed by atoms with van der Waals surface area (Å²) in [5.74, 6) is 3.20. The molecular weight excluding hydrogens is 507 g/mol. The number of nitrogens with one attached hydrogen (secondary N) is 2. The van der Waals surface area contributed by atoms with Crippen molar-refractivity contribution in [2.24, 2.45) is 10.9 Å². The van der Waals surface area contributed by atoms with Gasteiger partial charge in [0.1, 0.15) is 0 Å². The first-order valence-corrected chi connectivity index (χ1v) is 11.2. The zero-order valence-corrected chi connectivity index (χ0v) is 21.9. The van der Waals surface area contributed by atoms with Gasteiger partial charge in [-0.2, -0.15) is 0 Å². The topological polar surface area (TPSA) is 67.4 Å². The minimum Gasteiger partial charge on any atom is -0.493 e. The third-order valence-corrected chi connectivity index (χ3v) is 5.56. The van der Waals surface area contributed by atoms with Crippen molar-refractivity contribution in [3.8, 4) is 11.5 Å². The van der Waals surface area contributed by atoms with Crippen LogP contribution in [0.15, 0.2) is 23.2 Å². The molecule has 0 aromatic heterocycles. The smallest absolute Gasteiger partial charge is 0.190 e. The van der Waals surface area contributed by atoms with E-state index in [0.717, 1.165) is 69.6 Å². The van der Waals surface area contributed by atoms with Crippen LogP contribution >= 0.6 is 24.0 Å². The van der Waals surface area contributed by atoms with E-state index in [1.54, 1.807) is 14.2 Å². The summed E-state index contributed by atoms with van der Waals surface area (Å²) in [6.45, 7) is 8.66. The van der Waals surface area contributed by atoms with E-state index in [0.29, 0.717) is 12.5 Å². The van der Waals surface area contributed by atoms with Gasteiger partial charge in [0.05, 0.1) is 20.3 Å². The molecule has 0 amide bonds. The largest absolute Gasteiger partial charge is 0.493 e. The molecule has 1 aromatic rings. The first kappa shape index (κ1) is 27.8. The second kappa shape index (κ2) is 16.4. The van der Waals surface area contributed by atoms with Gasteiger partial charge >= 0.3 is 0 Å². The standard InChI is InChI=1S/C23H40N4O3.HI/c1-5-30-22-17-19(8-9-21(22)29-4)7-6-12-25-23(24-2)26-18-20-10-13-27(14-11-20)15-16-28-3;/h8-9,17,20H,5-7,10-16,18H2,1-4H3,(H2,24,25,26);1H. The molecule has 1 heterocycles. The summed E-state index contributed by atoms with van der Waals surface area (Å²) < 4.78 is 16.2. The summed E-state index contributed by atoms with van der Waals surface area (Å²) in [4.78, 5) is 6.85. The quantitative estimate of drug-likeness (QED) is 0.181. The lowest BCUT2D eigenvalue weighted by Crippen LogP contribution is -2.43. The lowest BCUT2D eigenvalue weighted by molar-refractivity contribution is 0.121. The molecule has 8 heteroatoms. The number of halogens is 1. The van der Waals surface area contributed by atoms with Crippen molar-refractivity contribution in [2.45, 2.75) is 32.6 Å². The Bertz CT molecular complexity index is 637. The number of hydrogen-bond donors (Lipinski definition) is 2. The van der Waals surface area contributed by atoms with Crippen molar-refractivity contribution < 1.29 is 14.2 Å². The fraction of sp³-hybridized carbons (Fsp3) is 0.696. The molecule has 1 aliphatic rings. The van der Waals surface area contributed by atoms with Gasteiger partial charge < -0.3 is 29.7 Å². The Labute approximate surface area is 205 Å². The average molecular weight is 549 g/mol. The highest BCUT2D eigenvalue weighted by molar-refractivity contribution is 14.0. The Kier molecular flexibility index (Phi) is 14.7. The molecule has 7 nitrogen and oxygen atoms in total. The lowest BCUT2D eigenvalue weighted by Gasteiger charge is -2.32. The van der Waals surface area contributed by atoms with Crippen LogP contribution in [0.3, 0.4) is 0 Å². The normalized spacial score (nSPS) is 15.3. The molecule has 0 bridgehead atoms. The van der Waals surface area contributed by atoms with Crippen LogP contribution in [0.4, 0.5) is 0 Å². The van der Waals surface area contributed by atoms with Crippen LogP contribution in [0, 0.1) is 5.92 Å². The lowest BCUT2D eigenvalue weighted by atomic mass is 9.97. The summed E-state index contributed by atoms with van der Waals surface area (Å²) in [6, 6.07) is 6.16. The van der Waals surface area contributed by atoms with Crippen LogP contribution < -0.4 is 20.1 Å². The fourth-order valence-corrected chi connectivity index (χ4v) is 3.74. The predicted molar refractivity (Wildman–Crippen MR) is 138 cm³/mol. The number of aryl methyl sites for hydroxylation is 1. The minimum atomic E-state index is 0. The highest BCUT2D eigenvalue weighted by atomic mass is 127. The Hall–Kier alpha value is -1.26. The van der Waals surface area contributed by atoms with E-state index < -0.39 is 0 Å². The number of methoxy groups -OCH3 is 2. The maximum absolute atomic E-state index is 5.67. The van der Waals surface area contributed by atoms with E-state index in [1.807, 2.05) is 20.0 Å². The van der Waals surface area contributed by atoms with Crippen molar-refractivity contribution >= 4 is 29.9 Å². The van der Waals surface area contributed by atoms with Gasteiger partial charge in [0, 0.05) is 33.8 Å². The van der Waals surface area contributed by atoms with Crippen LogP contribution in [0.25, 0.3) is 0 Å². The predicted octanol–water partition coefficient (Wildman–Crippen LogP) is 3.17. The van der Waals surface area contributed by atoms with Crippen LogP contribution in [0.2, 0.25) is 0 Å². The van der Waals surface area contributed by atoms with Gasteiger partial charge in [-0.3, -0.25) is 4.99 Å². The van der Waals surface area contributed by atoms with Crippen LogP contribution in [-0.4, -0.2) is 78.1 Å². The maximum Gasteiger partial charge on any atom is 0.190 e. The maximum atomic E-state index is 5.67. The molecule has 0 aliphatic carbocycles. The van der Waals surface area contributed by atoms with Crippen LogP contribution in [0.5, 0.6) is 11.5 Å². The van der Waals surface area contributed by atoms with E-state index in [-0.39, 0.29) is 24.0 Å². The van der Waals surface area contributed by atoms with Gasteiger partial charge in [0.15, 0.2) is 17.5 Å². The highest BCUT2D eigenvalue weighted by Gasteiger charge is 2.18. The molecule has 2 N–H and O–H groups in total. The molecule has 1 saturated heterocycles. The number of hydrogen-bond acceptors (Lipinski definition) is 5. The van der Waals surface area contributed by atoms with E-state index in [1.165, 1.54) is 18.4 Å². The Morgan fingerprint density at radius 3 is 2.58 bits per heavy atom. The number of piperidine rings is 1. The minimum absolute atomic E-state index is 0. The monoisotopic (exact) mass is 548 g/mol. The first-order chi connectivity index (χ1) is 14.7. The van der Waals surface area contributed by atoms with Crippen molar-refractivity contribution in [1.82, 2.24) is 15.5 Å². The van der Waals surface area contributed by atoms with Gasteiger partial charge in [-0.25, -0.2) is 0 Å². The van der Waals surface area contributed by atoms with Gasteiger partial charge in [-0.15, -0.1) is 24.0 Å². The number of guanidine groups is 1. The first-order valence-electron chi connectivity index (χ1n) is 11.2. The zero-order chi connectivity index (χ0) is 21.6. The highest BCUT2D eigenvalue weighted by Crippen LogP contribution is 2.28. The van der Waals surface area contributed by atoms with Crippen molar-refractivity contribution in [2.75, 3.05) is 67.2 Å². The Morgan fingerprint density at radius 2 is 1.94 bits per heavy atom. The van der Waals surface area contributed by atoms with E-state index in [2.05, 4.69) is 32.7 Å². The van der Waals surface area contributed by atoms with Crippen molar-refractivity contribution in [3.05, 3.63) is 23.8 Å². The second-order valence-corrected chi connectivity index (χ2v) is 7.68. The molecule has 31 heavy (non-hydrogen) atoms. The fourth-order valence-electron chi connectivity index (χ4n) is 3.74. The second-order valence-electron chi connectivity index (χ2n) is 7.68. The van der Waals surface area contributed by atoms with E-state index in [9.17, 15) is 0 Å². The SMILES string of the molecule is CCOc1cc(CCCNC(=NC)NCC2CCN(CCOC)CC2)ccc1OC.I. The van der Waals surface area contributed by atoms with Crippen molar-refractivity contribution in [3.63, 3.8) is 0 Å². The molecule has 0 radical (unpaired) electrons. The molecule has 0 atom stereocenters. The third-order valence-electron chi connectivity index (χ3n) is 5.56. The van der Waals surface area contributed by atoms with E-state index >= 15 is 0 Å². The number of aliphatic imine (C=N–C) groups is 1. The van der Waals surface area contributed by atoms with Crippen molar-refractivity contribution in [1.29, 1.82) is 0 Å². The number of nitrogens with zero attached hydrogens (tertiary/aromatic N) is 2. The molecule has 2 rings (SSSR count). The van der Waals surface area contributed by atoms with Gasteiger partial charge in [-0.05, 0) is 69.3 Å². The Morgan fingerprint density at radius 1 is 1.16 bits per heavy atom. The van der Waals surface area contributed by atoms with Crippen LogP contribution in [-0.2, 0) is 11.2 Å². The number of likely N-dealkylation sites (tertiary alicyclic amines) is 1. The molecule has 1 aliphatic heterocycles. The van der Waals surface area contributed by atoms with E-state index in [4.69, 9.17) is 14.2 Å². The zero-order valence-electron chi connectivity index (χ0n) is 19.6. The third kappa shape index (κ3) is 10.3. The summed E-state index contributed by atoms with van der Waals surface area (Å²) in [5, 5.41) is 6.93. The molecular formula is C23H41IN4O3. The summed E-state index contributed by atoms with van der Waals surface area (Å²) in [7, 11) is 5.27. The summed E-state index contributed by atoms with van der Waals surface area (Å²) >= 11 is 0.